The van der Waals surface area contributed by atoms with Crippen LogP contribution in [-0.2, 0) is 0 Å². The van der Waals surface area contributed by atoms with E-state index >= 15 is 0 Å². The average Bonchev–Trinajstić information content (AvgIpc) is 3.18. The van der Waals surface area contributed by atoms with E-state index in [1.807, 2.05) is 18.3 Å². The van der Waals surface area contributed by atoms with E-state index < -0.39 is 0 Å². The highest BCUT2D eigenvalue weighted by molar-refractivity contribution is 5.90. The van der Waals surface area contributed by atoms with E-state index in [0.29, 0.717) is 11.8 Å². The van der Waals surface area contributed by atoms with Crippen molar-refractivity contribution in [1.82, 2.24) is 34.7 Å². The van der Waals surface area contributed by atoms with Gasteiger partial charge in [-0.2, -0.15) is 4.98 Å². The molecule has 0 saturated carbocycles. The minimum absolute atomic E-state index is 0.563. The van der Waals surface area contributed by atoms with Crippen LogP contribution in [0.1, 0.15) is 0 Å². The van der Waals surface area contributed by atoms with Crippen LogP contribution >= 0.6 is 0 Å². The number of hydrogen-bond acceptors (Lipinski definition) is 4. The van der Waals surface area contributed by atoms with E-state index in [1.54, 1.807) is 29.5 Å². The second-order valence-corrected chi connectivity index (χ2v) is 4.05. The van der Waals surface area contributed by atoms with Crippen LogP contribution in [0.4, 0.5) is 0 Å². The first kappa shape index (κ1) is 10.0. The van der Waals surface area contributed by atoms with Gasteiger partial charge in [0.1, 0.15) is 12.0 Å². The molecular weight excluding hydrogens is 242 g/mol. The Labute approximate surface area is 107 Å². The molecule has 2 N–H and O–H groups in total. The Bertz CT molecular complexity index is 825. The first-order valence-electron chi connectivity index (χ1n) is 5.75. The van der Waals surface area contributed by atoms with Crippen molar-refractivity contribution < 1.29 is 0 Å². The minimum atomic E-state index is 0.563. The molecular formula is C12H9N7. The van der Waals surface area contributed by atoms with Gasteiger partial charge in [-0.15, -0.1) is 5.10 Å². The summed E-state index contributed by atoms with van der Waals surface area (Å²) < 4.78 is 1.75. The molecule has 7 heteroatoms. The molecule has 0 aromatic carbocycles. The lowest BCUT2D eigenvalue weighted by molar-refractivity contribution is 0.931. The Morgan fingerprint density at radius 1 is 1.16 bits per heavy atom. The molecule has 92 valence electrons. The summed E-state index contributed by atoms with van der Waals surface area (Å²) in [6.45, 7) is 0. The van der Waals surface area contributed by atoms with E-state index in [4.69, 9.17) is 0 Å². The zero-order valence-corrected chi connectivity index (χ0v) is 9.78. The number of nitrogens with one attached hydrogen (secondary N) is 2. The molecule has 4 rings (SSSR count). The lowest BCUT2D eigenvalue weighted by atomic mass is 10.2. The van der Waals surface area contributed by atoms with Gasteiger partial charge in [0.15, 0.2) is 5.82 Å². The normalized spacial score (nSPS) is 11.2. The predicted octanol–water partition coefficient (Wildman–Crippen LogP) is 1.53. The summed E-state index contributed by atoms with van der Waals surface area (Å²) >= 11 is 0. The highest BCUT2D eigenvalue weighted by Crippen LogP contribution is 2.24. The summed E-state index contributed by atoms with van der Waals surface area (Å²) in [5.41, 5.74) is 1.79. The number of nitrogens with zero attached hydrogens (tertiary/aromatic N) is 5. The second kappa shape index (κ2) is 3.77. The van der Waals surface area contributed by atoms with Crippen molar-refractivity contribution in [2.75, 3.05) is 0 Å². The Kier molecular flexibility index (Phi) is 1.99. The van der Waals surface area contributed by atoms with Crippen molar-refractivity contribution in [3.05, 3.63) is 43.2 Å². The van der Waals surface area contributed by atoms with Crippen molar-refractivity contribution in [2.45, 2.75) is 0 Å². The molecule has 0 spiro atoms. The zero-order valence-electron chi connectivity index (χ0n) is 9.78. The number of hydrogen-bond donors (Lipinski definition) is 2. The van der Waals surface area contributed by atoms with Crippen LogP contribution in [0.5, 0.6) is 0 Å². The number of imidazole rings is 1. The molecule has 7 nitrogen and oxygen atoms in total. The maximum absolute atomic E-state index is 4.47. The van der Waals surface area contributed by atoms with Gasteiger partial charge in [-0.05, 0) is 12.1 Å². The second-order valence-electron chi connectivity index (χ2n) is 4.05. The Balaban J connectivity index is 1.87. The SMILES string of the molecule is c1cn(-c2n[nH]c(-c3ccnc4[nH]ccc34)n2)cn1. The van der Waals surface area contributed by atoms with Gasteiger partial charge in [0, 0.05) is 35.7 Å². The van der Waals surface area contributed by atoms with Gasteiger partial charge in [0.2, 0.25) is 0 Å². The molecule has 0 radical (unpaired) electrons. The van der Waals surface area contributed by atoms with Crippen molar-refractivity contribution in [3.63, 3.8) is 0 Å². The number of H-pyrrole nitrogens is 2. The van der Waals surface area contributed by atoms with Crippen molar-refractivity contribution in [1.29, 1.82) is 0 Å². The van der Waals surface area contributed by atoms with Gasteiger partial charge < -0.3 is 4.98 Å². The third-order valence-corrected chi connectivity index (χ3v) is 2.92. The third-order valence-electron chi connectivity index (χ3n) is 2.92. The lowest BCUT2D eigenvalue weighted by Gasteiger charge is -1.97. The smallest absolute Gasteiger partial charge is 0.254 e. The Morgan fingerprint density at radius 2 is 2.16 bits per heavy atom. The van der Waals surface area contributed by atoms with Crippen LogP contribution in [0.3, 0.4) is 0 Å². The fourth-order valence-corrected chi connectivity index (χ4v) is 2.03. The molecule has 0 atom stereocenters. The van der Waals surface area contributed by atoms with Crippen molar-refractivity contribution >= 4 is 11.0 Å². The zero-order chi connectivity index (χ0) is 12.7. The standard InChI is InChI=1S/C12H9N7/c1-3-14-10-8(1)9(2-4-15-10)11-16-12(18-17-11)19-6-5-13-7-19/h1-7H,(H,14,15)(H,16,17,18). The van der Waals surface area contributed by atoms with E-state index in [1.165, 1.54) is 0 Å². The molecule has 0 amide bonds. The molecule has 19 heavy (non-hydrogen) atoms. The van der Waals surface area contributed by atoms with E-state index in [0.717, 1.165) is 16.6 Å². The number of aromatic amines is 2. The van der Waals surface area contributed by atoms with Crippen molar-refractivity contribution in [3.8, 4) is 17.3 Å². The fourth-order valence-electron chi connectivity index (χ4n) is 2.03. The third kappa shape index (κ3) is 1.52. The lowest BCUT2D eigenvalue weighted by Crippen LogP contribution is -1.92. The van der Waals surface area contributed by atoms with Gasteiger partial charge in [-0.3, -0.25) is 9.67 Å². The highest BCUT2D eigenvalue weighted by atomic mass is 15.3. The largest absolute Gasteiger partial charge is 0.346 e. The molecule has 0 aliphatic heterocycles. The quantitative estimate of drug-likeness (QED) is 0.565. The summed E-state index contributed by atoms with van der Waals surface area (Å²) in [7, 11) is 0. The molecule has 0 fully saturated rings. The minimum Gasteiger partial charge on any atom is -0.346 e. The van der Waals surface area contributed by atoms with Crippen molar-refractivity contribution in [2.24, 2.45) is 0 Å². The maximum atomic E-state index is 4.47. The average molecular weight is 251 g/mol. The Hall–Kier alpha value is -2.96. The van der Waals surface area contributed by atoms with Crippen LogP contribution in [0.15, 0.2) is 43.2 Å². The summed E-state index contributed by atoms with van der Waals surface area (Å²) in [4.78, 5) is 15.8. The van der Waals surface area contributed by atoms with Gasteiger partial charge in [-0.1, -0.05) is 0 Å². The molecule has 0 bridgehead atoms. The molecule has 4 aromatic heterocycles. The molecule has 4 aromatic rings. The van der Waals surface area contributed by atoms with Crippen LogP contribution < -0.4 is 0 Å². The number of rotatable bonds is 2. The topological polar surface area (TPSA) is 88.1 Å². The number of pyridine rings is 1. The molecule has 0 unspecified atom stereocenters. The van der Waals surface area contributed by atoms with Gasteiger partial charge in [0.05, 0.1) is 0 Å². The molecule has 0 saturated heterocycles. The fraction of sp³-hybridized carbons (Fsp3) is 0. The van der Waals surface area contributed by atoms with E-state index in [2.05, 4.69) is 30.1 Å². The van der Waals surface area contributed by atoms with Crippen LogP contribution in [-0.4, -0.2) is 34.7 Å². The Morgan fingerprint density at radius 3 is 3.05 bits per heavy atom. The first-order chi connectivity index (χ1) is 9.42. The summed E-state index contributed by atoms with van der Waals surface area (Å²) in [5, 5.41) is 8.13. The van der Waals surface area contributed by atoms with Crippen LogP contribution in [0.2, 0.25) is 0 Å². The summed E-state index contributed by atoms with van der Waals surface area (Å²) in [6.07, 6.45) is 8.74. The predicted molar refractivity (Wildman–Crippen MR) is 68.6 cm³/mol. The summed E-state index contributed by atoms with van der Waals surface area (Å²) in [5.74, 6) is 1.27. The number of aromatic nitrogens is 7. The van der Waals surface area contributed by atoms with E-state index in [-0.39, 0.29) is 0 Å². The van der Waals surface area contributed by atoms with Crippen LogP contribution in [0.25, 0.3) is 28.4 Å². The monoisotopic (exact) mass is 251 g/mol. The van der Waals surface area contributed by atoms with Gasteiger partial charge in [0.25, 0.3) is 5.95 Å². The summed E-state index contributed by atoms with van der Waals surface area (Å²) in [6, 6.07) is 3.88. The van der Waals surface area contributed by atoms with Gasteiger partial charge in [-0.25, -0.2) is 9.97 Å². The van der Waals surface area contributed by atoms with E-state index in [9.17, 15) is 0 Å². The molecule has 0 aliphatic rings. The molecule has 0 aliphatic carbocycles. The maximum Gasteiger partial charge on any atom is 0.254 e. The number of fused-ring (bicyclic) bond motifs is 1. The highest BCUT2D eigenvalue weighted by Gasteiger charge is 2.10. The van der Waals surface area contributed by atoms with Gasteiger partial charge >= 0.3 is 0 Å². The molecule has 4 heterocycles. The first-order valence-corrected chi connectivity index (χ1v) is 5.75. The van der Waals surface area contributed by atoms with Crippen LogP contribution in [0, 0.1) is 0 Å².